The van der Waals surface area contributed by atoms with Crippen molar-refractivity contribution in [3.63, 3.8) is 0 Å². The van der Waals surface area contributed by atoms with Crippen molar-refractivity contribution in [1.29, 1.82) is 0 Å². The van der Waals surface area contributed by atoms with Gasteiger partial charge in [-0.3, -0.25) is 0 Å². The van der Waals surface area contributed by atoms with E-state index < -0.39 is 29.4 Å². The quantitative estimate of drug-likeness (QED) is 0.826. The normalized spacial score (nSPS) is 12.8. The van der Waals surface area contributed by atoms with Crippen LogP contribution in [-0.4, -0.2) is 13.3 Å². The molecule has 0 aliphatic carbocycles. The highest BCUT2D eigenvalue weighted by atomic mass is 19.4. The van der Waals surface area contributed by atoms with Crippen LogP contribution in [0.3, 0.4) is 0 Å². The summed E-state index contributed by atoms with van der Waals surface area (Å²) >= 11 is 0. The van der Waals surface area contributed by atoms with Crippen LogP contribution in [0.4, 0.5) is 27.6 Å². The van der Waals surface area contributed by atoms with Crippen molar-refractivity contribution in [1.82, 2.24) is 0 Å². The van der Waals surface area contributed by atoms with Gasteiger partial charge in [-0.05, 0) is 42.0 Å². The number of anilines is 1. The van der Waals surface area contributed by atoms with Crippen LogP contribution in [0.2, 0.25) is 0 Å². The summed E-state index contributed by atoms with van der Waals surface area (Å²) in [5, 5.41) is 2.23. The van der Waals surface area contributed by atoms with E-state index in [1.807, 2.05) is 0 Å². The second-order valence-electron chi connectivity index (χ2n) is 4.55. The highest BCUT2D eigenvalue weighted by Gasteiger charge is 2.41. The molecule has 0 saturated carbocycles. The van der Waals surface area contributed by atoms with Crippen LogP contribution >= 0.6 is 0 Å². The van der Waals surface area contributed by atoms with E-state index in [4.69, 9.17) is 4.74 Å². The molecule has 0 bridgehead atoms. The molecule has 0 heterocycles. The van der Waals surface area contributed by atoms with E-state index in [9.17, 15) is 22.0 Å². The van der Waals surface area contributed by atoms with Crippen molar-refractivity contribution in [2.45, 2.75) is 12.2 Å². The van der Waals surface area contributed by atoms with Crippen LogP contribution in [0, 0.1) is 11.6 Å². The molecule has 0 amide bonds. The summed E-state index contributed by atoms with van der Waals surface area (Å²) in [5.41, 5.74) is -0.395. The highest BCUT2D eigenvalue weighted by Crippen LogP contribution is 2.36. The smallest absolute Gasteiger partial charge is 0.412 e. The fourth-order valence-electron chi connectivity index (χ4n) is 1.95. The second-order valence-corrected chi connectivity index (χ2v) is 4.55. The third-order valence-electron chi connectivity index (χ3n) is 2.95. The number of alkyl halides is 3. The molecule has 0 unspecified atom stereocenters. The standard InChI is InChI=1S/C15H12F5NO/c1-22-13-4-2-12(3-5-13)21-14(15(18,19)20)9-6-10(16)8-11(17)7-9/h2-8,14,21H,1H3/t14-/m1/s1. The Kier molecular flexibility index (Phi) is 4.54. The molecule has 1 N–H and O–H groups in total. The van der Waals surface area contributed by atoms with Gasteiger partial charge in [0.15, 0.2) is 0 Å². The van der Waals surface area contributed by atoms with Crippen LogP contribution in [-0.2, 0) is 0 Å². The highest BCUT2D eigenvalue weighted by molar-refractivity contribution is 5.48. The summed E-state index contributed by atoms with van der Waals surface area (Å²) in [7, 11) is 1.43. The van der Waals surface area contributed by atoms with Crippen LogP contribution in [0.25, 0.3) is 0 Å². The molecule has 0 fully saturated rings. The predicted molar refractivity (Wildman–Crippen MR) is 71.8 cm³/mol. The van der Waals surface area contributed by atoms with Crippen molar-refractivity contribution in [3.8, 4) is 5.75 Å². The number of methoxy groups -OCH3 is 1. The summed E-state index contributed by atoms with van der Waals surface area (Å²) in [6.07, 6.45) is -4.72. The Bertz CT molecular complexity index is 619. The van der Waals surface area contributed by atoms with Gasteiger partial charge in [0.2, 0.25) is 0 Å². The SMILES string of the molecule is COc1ccc(N[C@H](c2cc(F)cc(F)c2)C(F)(F)F)cc1. The zero-order valence-corrected chi connectivity index (χ0v) is 11.4. The van der Waals surface area contributed by atoms with Crippen molar-refractivity contribution in [2.75, 3.05) is 12.4 Å². The maximum Gasteiger partial charge on any atom is 0.412 e. The van der Waals surface area contributed by atoms with E-state index >= 15 is 0 Å². The van der Waals surface area contributed by atoms with Gasteiger partial charge in [-0.15, -0.1) is 0 Å². The molecule has 2 rings (SSSR count). The number of nitrogens with one attached hydrogen (secondary N) is 1. The number of hydrogen-bond acceptors (Lipinski definition) is 2. The lowest BCUT2D eigenvalue weighted by atomic mass is 10.1. The molecule has 7 heteroatoms. The lowest BCUT2D eigenvalue weighted by Crippen LogP contribution is -2.28. The Morgan fingerprint density at radius 2 is 1.50 bits per heavy atom. The zero-order chi connectivity index (χ0) is 16.3. The van der Waals surface area contributed by atoms with Gasteiger partial charge >= 0.3 is 6.18 Å². The van der Waals surface area contributed by atoms with Crippen molar-refractivity contribution in [2.24, 2.45) is 0 Å². The van der Waals surface area contributed by atoms with Crippen molar-refractivity contribution < 1.29 is 26.7 Å². The first-order valence-electron chi connectivity index (χ1n) is 6.23. The molecule has 2 aromatic rings. The van der Waals surface area contributed by atoms with Crippen molar-refractivity contribution >= 4 is 5.69 Å². The topological polar surface area (TPSA) is 21.3 Å². The average molecular weight is 317 g/mol. The minimum absolute atomic E-state index is 0.146. The maximum absolute atomic E-state index is 13.2. The van der Waals surface area contributed by atoms with Gasteiger partial charge in [-0.2, -0.15) is 13.2 Å². The first kappa shape index (κ1) is 16.1. The third kappa shape index (κ3) is 3.87. The molecule has 2 aromatic carbocycles. The molecule has 0 aliphatic rings. The van der Waals surface area contributed by atoms with Crippen LogP contribution < -0.4 is 10.1 Å². The first-order valence-corrected chi connectivity index (χ1v) is 6.23. The lowest BCUT2D eigenvalue weighted by Gasteiger charge is -2.23. The van der Waals surface area contributed by atoms with Crippen LogP contribution in [0.1, 0.15) is 11.6 Å². The fourth-order valence-corrected chi connectivity index (χ4v) is 1.95. The molecule has 118 valence electrons. The molecular weight excluding hydrogens is 305 g/mol. The van der Waals surface area contributed by atoms with Gasteiger partial charge in [0.05, 0.1) is 7.11 Å². The molecular formula is C15H12F5NO. The molecule has 2 nitrogen and oxygen atoms in total. The summed E-state index contributed by atoms with van der Waals surface area (Å²) in [6.45, 7) is 0. The van der Waals surface area contributed by atoms with E-state index in [0.717, 1.165) is 0 Å². The van der Waals surface area contributed by atoms with Gasteiger partial charge < -0.3 is 10.1 Å². The van der Waals surface area contributed by atoms with Crippen LogP contribution in [0.5, 0.6) is 5.75 Å². The molecule has 0 aliphatic heterocycles. The van der Waals surface area contributed by atoms with Gasteiger partial charge in [0.25, 0.3) is 0 Å². The molecule has 0 radical (unpaired) electrons. The molecule has 22 heavy (non-hydrogen) atoms. The largest absolute Gasteiger partial charge is 0.497 e. The number of hydrogen-bond donors (Lipinski definition) is 1. The zero-order valence-electron chi connectivity index (χ0n) is 11.4. The Morgan fingerprint density at radius 3 is 1.95 bits per heavy atom. The maximum atomic E-state index is 13.2. The number of rotatable bonds is 4. The minimum atomic E-state index is -4.72. The molecule has 1 atom stereocenters. The van der Waals surface area contributed by atoms with Gasteiger partial charge in [-0.25, -0.2) is 8.78 Å². The summed E-state index contributed by atoms with van der Waals surface area (Å²) in [6, 6.07) is 5.30. The summed E-state index contributed by atoms with van der Waals surface area (Å²) in [4.78, 5) is 0. The monoisotopic (exact) mass is 317 g/mol. The van der Waals surface area contributed by atoms with E-state index in [1.165, 1.54) is 31.4 Å². The second kappa shape index (κ2) is 6.21. The number of halogens is 5. The Hall–Kier alpha value is -2.31. The van der Waals surface area contributed by atoms with Gasteiger partial charge in [0, 0.05) is 11.8 Å². The van der Waals surface area contributed by atoms with Crippen molar-refractivity contribution in [3.05, 3.63) is 59.7 Å². The Balaban J connectivity index is 2.33. The minimum Gasteiger partial charge on any atom is -0.497 e. The summed E-state index contributed by atoms with van der Waals surface area (Å²) < 4.78 is 70.7. The van der Waals surface area contributed by atoms with E-state index in [1.54, 1.807) is 0 Å². The van der Waals surface area contributed by atoms with Gasteiger partial charge in [0.1, 0.15) is 23.4 Å². The lowest BCUT2D eigenvalue weighted by molar-refractivity contribution is -0.144. The molecule has 0 saturated heterocycles. The van der Waals surface area contributed by atoms with E-state index in [2.05, 4.69) is 5.32 Å². The molecule has 0 aromatic heterocycles. The number of benzene rings is 2. The third-order valence-corrected chi connectivity index (χ3v) is 2.95. The van der Waals surface area contributed by atoms with Gasteiger partial charge in [-0.1, -0.05) is 0 Å². The van der Waals surface area contributed by atoms with E-state index in [-0.39, 0.29) is 5.69 Å². The first-order chi connectivity index (χ1) is 10.3. The fraction of sp³-hybridized carbons (Fsp3) is 0.200. The predicted octanol–water partition coefficient (Wildman–Crippen LogP) is 4.69. The van der Waals surface area contributed by atoms with Crippen LogP contribution in [0.15, 0.2) is 42.5 Å². The average Bonchev–Trinajstić information content (AvgIpc) is 2.43. The summed E-state index contributed by atoms with van der Waals surface area (Å²) in [5.74, 6) is -1.66. The Morgan fingerprint density at radius 1 is 0.955 bits per heavy atom. The molecule has 0 spiro atoms. The number of ether oxygens (including phenoxy) is 1. The van der Waals surface area contributed by atoms with E-state index in [0.29, 0.717) is 23.9 Å². The Labute approximate surface area is 123 Å².